The second-order valence-electron chi connectivity index (χ2n) is 4.04. The van der Waals surface area contributed by atoms with Crippen molar-refractivity contribution in [1.82, 2.24) is 9.88 Å². The van der Waals surface area contributed by atoms with E-state index in [0.29, 0.717) is 0 Å². The lowest BCUT2D eigenvalue weighted by molar-refractivity contribution is 0.411. The lowest BCUT2D eigenvalue weighted by Gasteiger charge is -2.20. The molecule has 0 amide bonds. The first kappa shape index (κ1) is 10.5. The third-order valence-corrected chi connectivity index (χ3v) is 2.35. The van der Waals surface area contributed by atoms with Gasteiger partial charge in [-0.05, 0) is 20.8 Å². The van der Waals surface area contributed by atoms with Crippen LogP contribution in [0.15, 0.2) is 16.4 Å². The Hall–Kier alpha value is -0.610. The minimum absolute atomic E-state index is 0.121. The molecule has 3 nitrogen and oxygen atoms in total. The number of hydrogen-bond donors (Lipinski definition) is 1. The summed E-state index contributed by atoms with van der Waals surface area (Å²) >= 11 is 1.24. The molecule has 74 valence electrons. The van der Waals surface area contributed by atoms with E-state index in [1.54, 1.807) is 4.57 Å². The second kappa shape index (κ2) is 4.07. The van der Waals surface area contributed by atoms with E-state index in [-0.39, 0.29) is 10.4 Å². The van der Waals surface area contributed by atoms with Crippen LogP contribution in [0.3, 0.4) is 0 Å². The SMILES string of the molecule is CC(C)(C)NCCn1ccsc1=O. The normalized spacial score (nSPS) is 11.9. The lowest BCUT2D eigenvalue weighted by atomic mass is 10.1. The van der Waals surface area contributed by atoms with Crippen molar-refractivity contribution < 1.29 is 0 Å². The molecule has 1 rings (SSSR count). The van der Waals surface area contributed by atoms with Crippen molar-refractivity contribution in [2.75, 3.05) is 6.54 Å². The summed E-state index contributed by atoms with van der Waals surface area (Å²) < 4.78 is 1.73. The molecular weight excluding hydrogens is 184 g/mol. The monoisotopic (exact) mass is 200 g/mol. The van der Waals surface area contributed by atoms with Gasteiger partial charge in [0.15, 0.2) is 0 Å². The molecule has 0 aliphatic heterocycles. The smallest absolute Gasteiger partial charge is 0.307 e. The van der Waals surface area contributed by atoms with Gasteiger partial charge in [-0.2, -0.15) is 0 Å². The van der Waals surface area contributed by atoms with E-state index >= 15 is 0 Å². The molecule has 13 heavy (non-hydrogen) atoms. The standard InChI is InChI=1S/C9H16N2OS/c1-9(2,3)10-4-5-11-6-7-13-8(11)12/h6-7,10H,4-5H2,1-3H3. The van der Waals surface area contributed by atoms with Gasteiger partial charge in [0.1, 0.15) is 0 Å². The van der Waals surface area contributed by atoms with Crippen molar-refractivity contribution in [3.05, 3.63) is 21.2 Å². The Morgan fingerprint density at radius 1 is 1.54 bits per heavy atom. The summed E-state index contributed by atoms with van der Waals surface area (Å²) in [6.45, 7) is 7.93. The molecule has 0 atom stereocenters. The van der Waals surface area contributed by atoms with Gasteiger partial charge in [0.25, 0.3) is 0 Å². The van der Waals surface area contributed by atoms with Crippen molar-refractivity contribution >= 4 is 11.3 Å². The van der Waals surface area contributed by atoms with E-state index in [9.17, 15) is 4.79 Å². The van der Waals surface area contributed by atoms with E-state index in [2.05, 4.69) is 26.1 Å². The Labute approximate surface area is 82.4 Å². The van der Waals surface area contributed by atoms with Crippen LogP contribution in [-0.2, 0) is 6.54 Å². The molecular formula is C9H16N2OS. The highest BCUT2D eigenvalue weighted by atomic mass is 32.1. The van der Waals surface area contributed by atoms with Gasteiger partial charge in [0, 0.05) is 30.2 Å². The van der Waals surface area contributed by atoms with Crippen LogP contribution in [0, 0.1) is 0 Å². The molecule has 1 N–H and O–H groups in total. The van der Waals surface area contributed by atoms with Crippen molar-refractivity contribution in [2.24, 2.45) is 0 Å². The maximum atomic E-state index is 11.1. The van der Waals surface area contributed by atoms with Crippen molar-refractivity contribution in [3.8, 4) is 0 Å². The fourth-order valence-electron chi connectivity index (χ4n) is 1.01. The summed E-state index contributed by atoms with van der Waals surface area (Å²) in [7, 11) is 0. The highest BCUT2D eigenvalue weighted by Gasteiger charge is 2.07. The van der Waals surface area contributed by atoms with Gasteiger partial charge in [0.05, 0.1) is 0 Å². The molecule has 1 aromatic heterocycles. The average Bonchev–Trinajstić information content (AvgIpc) is 2.34. The number of nitrogens with zero attached hydrogens (tertiary/aromatic N) is 1. The number of thiazole rings is 1. The van der Waals surface area contributed by atoms with Gasteiger partial charge in [-0.1, -0.05) is 11.3 Å². The molecule has 0 unspecified atom stereocenters. The molecule has 0 spiro atoms. The first-order valence-corrected chi connectivity index (χ1v) is 5.26. The first-order valence-electron chi connectivity index (χ1n) is 4.38. The molecule has 1 heterocycles. The maximum Gasteiger partial charge on any atom is 0.307 e. The van der Waals surface area contributed by atoms with E-state index in [1.165, 1.54) is 11.3 Å². The van der Waals surface area contributed by atoms with Crippen LogP contribution in [0.5, 0.6) is 0 Å². The zero-order chi connectivity index (χ0) is 9.90. The summed E-state index contributed by atoms with van der Waals surface area (Å²) in [5, 5.41) is 5.15. The van der Waals surface area contributed by atoms with Crippen LogP contribution < -0.4 is 10.2 Å². The summed E-state index contributed by atoms with van der Waals surface area (Å²) in [6.07, 6.45) is 1.83. The second-order valence-corrected chi connectivity index (χ2v) is 4.90. The Morgan fingerprint density at radius 3 is 2.69 bits per heavy atom. The minimum Gasteiger partial charge on any atom is -0.310 e. The van der Waals surface area contributed by atoms with Gasteiger partial charge in [-0.15, -0.1) is 0 Å². The van der Waals surface area contributed by atoms with Crippen molar-refractivity contribution in [2.45, 2.75) is 32.9 Å². The fourth-order valence-corrected chi connectivity index (χ4v) is 1.62. The Balaban J connectivity index is 2.37. The Morgan fingerprint density at radius 2 is 2.23 bits per heavy atom. The van der Waals surface area contributed by atoms with Crippen LogP contribution in [0.1, 0.15) is 20.8 Å². The first-order chi connectivity index (χ1) is 5.99. The zero-order valence-corrected chi connectivity index (χ0v) is 9.15. The number of nitrogens with one attached hydrogen (secondary N) is 1. The molecule has 0 aromatic carbocycles. The summed E-state index contributed by atoms with van der Waals surface area (Å²) in [6, 6.07) is 0. The molecule has 0 bridgehead atoms. The van der Waals surface area contributed by atoms with Crippen LogP contribution >= 0.6 is 11.3 Å². The maximum absolute atomic E-state index is 11.1. The number of rotatable bonds is 3. The van der Waals surface area contributed by atoms with Gasteiger partial charge in [-0.3, -0.25) is 4.79 Å². The quantitative estimate of drug-likeness (QED) is 0.798. The topological polar surface area (TPSA) is 34.0 Å². The highest BCUT2D eigenvalue weighted by Crippen LogP contribution is 1.97. The molecule has 0 aliphatic carbocycles. The van der Waals surface area contributed by atoms with E-state index in [1.807, 2.05) is 11.6 Å². The van der Waals surface area contributed by atoms with Crippen LogP contribution in [0.25, 0.3) is 0 Å². The third-order valence-electron chi connectivity index (χ3n) is 1.65. The predicted molar refractivity (Wildman–Crippen MR) is 56.3 cm³/mol. The summed E-state index contributed by atoms with van der Waals surface area (Å²) in [4.78, 5) is 11.2. The lowest BCUT2D eigenvalue weighted by Crippen LogP contribution is -2.38. The molecule has 0 saturated heterocycles. The van der Waals surface area contributed by atoms with E-state index < -0.39 is 0 Å². The number of aromatic nitrogens is 1. The molecule has 0 aliphatic rings. The van der Waals surface area contributed by atoms with Crippen LogP contribution in [0.4, 0.5) is 0 Å². The van der Waals surface area contributed by atoms with Crippen molar-refractivity contribution in [3.63, 3.8) is 0 Å². The molecule has 4 heteroatoms. The average molecular weight is 200 g/mol. The number of hydrogen-bond acceptors (Lipinski definition) is 3. The van der Waals surface area contributed by atoms with Crippen LogP contribution in [0.2, 0.25) is 0 Å². The van der Waals surface area contributed by atoms with Crippen molar-refractivity contribution in [1.29, 1.82) is 0 Å². The molecule has 1 aromatic rings. The van der Waals surface area contributed by atoms with Gasteiger partial charge in [0.2, 0.25) is 0 Å². The van der Waals surface area contributed by atoms with E-state index in [0.717, 1.165) is 13.1 Å². The largest absolute Gasteiger partial charge is 0.310 e. The van der Waals surface area contributed by atoms with E-state index in [4.69, 9.17) is 0 Å². The zero-order valence-electron chi connectivity index (χ0n) is 8.33. The predicted octanol–water partition coefficient (Wildman–Crippen LogP) is 1.30. The summed E-state index contributed by atoms with van der Waals surface area (Å²) in [5.74, 6) is 0. The molecule has 0 fully saturated rings. The molecule has 0 saturated carbocycles. The Kier molecular flexibility index (Phi) is 3.27. The Bertz CT molecular complexity index is 308. The molecule has 0 radical (unpaired) electrons. The fraction of sp³-hybridized carbons (Fsp3) is 0.667. The van der Waals surface area contributed by atoms with Gasteiger partial charge >= 0.3 is 4.87 Å². The summed E-state index contributed by atoms with van der Waals surface area (Å²) in [5.41, 5.74) is 0.125. The van der Waals surface area contributed by atoms with Crippen LogP contribution in [-0.4, -0.2) is 16.7 Å². The van der Waals surface area contributed by atoms with Gasteiger partial charge < -0.3 is 9.88 Å². The van der Waals surface area contributed by atoms with Gasteiger partial charge in [-0.25, -0.2) is 0 Å². The third kappa shape index (κ3) is 3.74. The highest BCUT2D eigenvalue weighted by molar-refractivity contribution is 7.07. The minimum atomic E-state index is 0.121.